The van der Waals surface area contributed by atoms with E-state index in [2.05, 4.69) is 5.32 Å². The quantitative estimate of drug-likeness (QED) is 0.246. The Morgan fingerprint density at radius 2 is 1.79 bits per heavy atom. The largest absolute Gasteiger partial charge is 0.495 e. The maximum Gasteiger partial charge on any atom is 0.344 e. The van der Waals surface area contributed by atoms with Gasteiger partial charge < -0.3 is 19.2 Å². The van der Waals surface area contributed by atoms with Crippen molar-refractivity contribution < 1.29 is 18.7 Å². The summed E-state index contributed by atoms with van der Waals surface area (Å²) in [5, 5.41) is 4.31. The third-order valence-corrected chi connectivity index (χ3v) is 5.56. The van der Waals surface area contributed by atoms with Crippen LogP contribution in [0.15, 0.2) is 76.0 Å². The van der Waals surface area contributed by atoms with Crippen LogP contribution in [-0.4, -0.2) is 20.1 Å². The Hall–Kier alpha value is -3.74. The van der Waals surface area contributed by atoms with Gasteiger partial charge in [-0.1, -0.05) is 47.5 Å². The lowest BCUT2D eigenvalue weighted by atomic mass is 10.0. The molecule has 0 bridgehead atoms. The molecule has 0 aliphatic heterocycles. The van der Waals surface area contributed by atoms with Crippen LogP contribution in [0.1, 0.15) is 5.56 Å². The van der Waals surface area contributed by atoms with E-state index in [0.29, 0.717) is 49.5 Å². The van der Waals surface area contributed by atoms with Crippen LogP contribution in [-0.2, 0) is 4.79 Å². The number of hydrogen-bond donors (Lipinski definition) is 1. The minimum Gasteiger partial charge on any atom is -0.495 e. The van der Waals surface area contributed by atoms with E-state index in [1.54, 1.807) is 54.6 Å². The van der Waals surface area contributed by atoms with E-state index < -0.39 is 11.5 Å². The van der Waals surface area contributed by atoms with Gasteiger partial charge in [-0.3, -0.25) is 4.79 Å². The van der Waals surface area contributed by atoms with E-state index in [0.717, 1.165) is 5.39 Å². The molecular formula is C26H19Cl2NO5. The molecule has 0 radical (unpaired) electrons. The number of nitrogens with one attached hydrogen (secondary N) is 1. The highest BCUT2D eigenvalue weighted by Crippen LogP contribution is 2.33. The highest BCUT2D eigenvalue weighted by Gasteiger charge is 2.13. The molecule has 1 amide bonds. The van der Waals surface area contributed by atoms with Crippen LogP contribution >= 0.6 is 23.2 Å². The Morgan fingerprint density at radius 3 is 2.56 bits per heavy atom. The fourth-order valence-electron chi connectivity index (χ4n) is 3.50. The smallest absolute Gasteiger partial charge is 0.344 e. The Morgan fingerprint density at radius 1 is 1.00 bits per heavy atom. The van der Waals surface area contributed by atoms with Crippen molar-refractivity contribution in [3.63, 3.8) is 0 Å². The molecule has 1 N–H and O–H groups in total. The number of benzene rings is 3. The van der Waals surface area contributed by atoms with Crippen molar-refractivity contribution in [3.05, 3.63) is 92.8 Å². The third-order valence-electron chi connectivity index (χ3n) is 5.07. The van der Waals surface area contributed by atoms with Gasteiger partial charge in [0.25, 0.3) is 0 Å². The molecule has 0 saturated heterocycles. The standard InChI is InChI=1S/C26H19Cl2NO5/c1-32-23-9-7-15(19-12-16-5-3-4-6-22(16)34-26(19)31)13-21(23)29-24(30)10-8-17-11-18(27)14-20(28)25(17)33-2/h3-14H,1-2H3,(H,29,30). The first kappa shape index (κ1) is 23.4. The van der Waals surface area contributed by atoms with Gasteiger partial charge in [0.05, 0.1) is 30.5 Å². The Kier molecular flexibility index (Phi) is 6.91. The maximum absolute atomic E-state index is 12.7. The third kappa shape index (κ3) is 4.93. The second-order valence-electron chi connectivity index (χ2n) is 7.23. The van der Waals surface area contributed by atoms with Crippen molar-refractivity contribution in [2.75, 3.05) is 19.5 Å². The highest BCUT2D eigenvalue weighted by atomic mass is 35.5. The zero-order valence-electron chi connectivity index (χ0n) is 18.2. The molecule has 0 aliphatic rings. The summed E-state index contributed by atoms with van der Waals surface area (Å²) in [5.41, 5.74) is 1.89. The van der Waals surface area contributed by atoms with E-state index in [-0.39, 0.29) is 0 Å². The highest BCUT2D eigenvalue weighted by molar-refractivity contribution is 6.36. The summed E-state index contributed by atoms with van der Waals surface area (Å²) in [4.78, 5) is 25.2. The van der Waals surface area contributed by atoms with Crippen LogP contribution in [0.4, 0.5) is 5.69 Å². The van der Waals surface area contributed by atoms with Crippen molar-refractivity contribution in [2.45, 2.75) is 0 Å². The number of halogens is 2. The van der Waals surface area contributed by atoms with Gasteiger partial charge in [0.1, 0.15) is 17.1 Å². The first-order chi connectivity index (χ1) is 16.4. The summed E-state index contributed by atoms with van der Waals surface area (Å²) in [5.74, 6) is 0.399. The van der Waals surface area contributed by atoms with Crippen molar-refractivity contribution in [3.8, 4) is 22.6 Å². The number of carbonyl (C=O) groups is 1. The fraction of sp³-hybridized carbons (Fsp3) is 0.0769. The monoisotopic (exact) mass is 495 g/mol. The van der Waals surface area contributed by atoms with Gasteiger partial charge in [-0.15, -0.1) is 0 Å². The van der Waals surface area contributed by atoms with E-state index in [9.17, 15) is 9.59 Å². The van der Waals surface area contributed by atoms with E-state index >= 15 is 0 Å². The summed E-state index contributed by atoms with van der Waals surface area (Å²) < 4.78 is 16.1. The van der Waals surface area contributed by atoms with Crippen LogP contribution in [0.25, 0.3) is 28.2 Å². The number of anilines is 1. The van der Waals surface area contributed by atoms with Crippen molar-refractivity contribution in [2.24, 2.45) is 0 Å². The lowest BCUT2D eigenvalue weighted by Crippen LogP contribution is -2.10. The maximum atomic E-state index is 12.7. The molecule has 4 aromatic rings. The number of methoxy groups -OCH3 is 2. The predicted octanol–water partition coefficient (Wildman–Crippen LogP) is 6.44. The molecule has 6 nitrogen and oxygen atoms in total. The van der Waals surface area contributed by atoms with E-state index in [4.69, 9.17) is 37.1 Å². The van der Waals surface area contributed by atoms with Crippen molar-refractivity contribution >= 4 is 51.8 Å². The number of carbonyl (C=O) groups excluding carboxylic acids is 1. The first-order valence-electron chi connectivity index (χ1n) is 10.1. The average molecular weight is 496 g/mol. The zero-order chi connectivity index (χ0) is 24.2. The topological polar surface area (TPSA) is 77.8 Å². The zero-order valence-corrected chi connectivity index (χ0v) is 19.7. The fourth-order valence-corrected chi connectivity index (χ4v) is 4.08. The molecule has 34 heavy (non-hydrogen) atoms. The minimum absolute atomic E-state index is 0.332. The number of ether oxygens (including phenoxy) is 2. The number of rotatable bonds is 6. The Labute approximate surface area is 205 Å². The predicted molar refractivity (Wildman–Crippen MR) is 135 cm³/mol. The molecule has 0 fully saturated rings. The van der Waals surface area contributed by atoms with Gasteiger partial charge in [-0.2, -0.15) is 0 Å². The van der Waals surface area contributed by atoms with Gasteiger partial charge in [0, 0.05) is 22.0 Å². The van der Waals surface area contributed by atoms with Gasteiger partial charge in [0.2, 0.25) is 5.91 Å². The molecule has 8 heteroatoms. The Balaban J connectivity index is 1.65. The van der Waals surface area contributed by atoms with Crippen LogP contribution < -0.4 is 20.4 Å². The average Bonchev–Trinajstić information content (AvgIpc) is 2.82. The number of fused-ring (bicyclic) bond motifs is 1. The molecular weight excluding hydrogens is 477 g/mol. The Bertz CT molecular complexity index is 1480. The molecule has 0 aliphatic carbocycles. The van der Waals surface area contributed by atoms with Crippen LogP contribution in [0, 0.1) is 0 Å². The number of hydrogen-bond acceptors (Lipinski definition) is 5. The summed E-state index contributed by atoms with van der Waals surface area (Å²) in [6, 6.07) is 17.2. The number of para-hydroxylation sites is 1. The summed E-state index contributed by atoms with van der Waals surface area (Å²) in [6.07, 6.45) is 2.86. The molecule has 0 atom stereocenters. The first-order valence-corrected chi connectivity index (χ1v) is 10.9. The molecule has 0 spiro atoms. The van der Waals surface area contributed by atoms with Gasteiger partial charge in [0.15, 0.2) is 0 Å². The van der Waals surface area contributed by atoms with Crippen LogP contribution in [0.2, 0.25) is 10.0 Å². The summed E-state index contributed by atoms with van der Waals surface area (Å²) in [6.45, 7) is 0. The van der Waals surface area contributed by atoms with Gasteiger partial charge >= 0.3 is 5.63 Å². The van der Waals surface area contributed by atoms with E-state index in [1.165, 1.54) is 20.3 Å². The molecule has 1 heterocycles. The van der Waals surface area contributed by atoms with Gasteiger partial charge in [-0.05, 0) is 48.0 Å². The lowest BCUT2D eigenvalue weighted by molar-refractivity contribution is -0.111. The second-order valence-corrected chi connectivity index (χ2v) is 8.08. The molecule has 172 valence electrons. The summed E-state index contributed by atoms with van der Waals surface area (Å²) in [7, 11) is 2.97. The van der Waals surface area contributed by atoms with Crippen LogP contribution in [0.5, 0.6) is 11.5 Å². The molecule has 4 rings (SSSR count). The molecule has 0 unspecified atom stereocenters. The number of amides is 1. The minimum atomic E-state index is -0.481. The normalized spacial score (nSPS) is 11.1. The van der Waals surface area contributed by atoms with Crippen LogP contribution in [0.3, 0.4) is 0 Å². The molecule has 1 aromatic heterocycles. The van der Waals surface area contributed by atoms with E-state index in [1.807, 2.05) is 12.1 Å². The summed E-state index contributed by atoms with van der Waals surface area (Å²) >= 11 is 12.2. The van der Waals surface area contributed by atoms with Crippen molar-refractivity contribution in [1.82, 2.24) is 0 Å². The molecule has 0 saturated carbocycles. The van der Waals surface area contributed by atoms with Crippen molar-refractivity contribution in [1.29, 1.82) is 0 Å². The van der Waals surface area contributed by atoms with Gasteiger partial charge in [-0.25, -0.2) is 4.79 Å². The molecule has 3 aromatic carbocycles. The second kappa shape index (κ2) is 10.0. The SMILES string of the molecule is COc1ccc(-c2cc3ccccc3oc2=O)cc1NC(=O)C=Cc1cc(Cl)cc(Cl)c1OC. The lowest BCUT2D eigenvalue weighted by Gasteiger charge is -2.11.